The predicted octanol–water partition coefficient (Wildman–Crippen LogP) is -1.05. The molecule has 1 saturated carbocycles. The highest BCUT2D eigenvalue weighted by Crippen LogP contribution is 2.29. The van der Waals surface area contributed by atoms with Crippen molar-refractivity contribution in [3.8, 4) is 0 Å². The number of hydrogen-bond donors (Lipinski definition) is 4. The Balaban J connectivity index is 1.90. The second-order valence-corrected chi connectivity index (χ2v) is 6.13. The summed E-state index contributed by atoms with van der Waals surface area (Å²) in [5.41, 5.74) is 0. The molecular weight excluding hydrogens is 262 g/mol. The highest BCUT2D eigenvalue weighted by atomic mass is 16.5. The van der Waals surface area contributed by atoms with E-state index in [0.29, 0.717) is 18.6 Å². The van der Waals surface area contributed by atoms with Crippen LogP contribution in [-0.4, -0.2) is 82.6 Å². The van der Waals surface area contributed by atoms with Gasteiger partial charge >= 0.3 is 0 Å². The number of piperidine rings is 1. The van der Waals surface area contributed by atoms with Crippen LogP contribution in [0.5, 0.6) is 0 Å². The maximum atomic E-state index is 9.96. The molecule has 1 aliphatic carbocycles. The van der Waals surface area contributed by atoms with Gasteiger partial charge in [0.15, 0.2) is 0 Å². The van der Waals surface area contributed by atoms with E-state index in [2.05, 4.69) is 0 Å². The number of hydrogen-bond acceptors (Lipinski definition) is 6. The topological polar surface area (TPSA) is 93.4 Å². The van der Waals surface area contributed by atoms with Gasteiger partial charge < -0.3 is 25.2 Å². The zero-order valence-electron chi connectivity index (χ0n) is 12.1. The summed E-state index contributed by atoms with van der Waals surface area (Å²) < 4.78 is 5.35. The van der Waals surface area contributed by atoms with E-state index in [1.54, 1.807) is 7.11 Å². The molecule has 0 aromatic carbocycles. The molecule has 0 aromatic heterocycles. The molecule has 2 fully saturated rings. The first kappa shape index (κ1) is 16.1. The summed E-state index contributed by atoms with van der Waals surface area (Å²) in [4.78, 5) is 1.92. The summed E-state index contributed by atoms with van der Waals surface area (Å²) in [7, 11) is 1.74. The fourth-order valence-corrected chi connectivity index (χ4v) is 3.47. The van der Waals surface area contributed by atoms with Crippen molar-refractivity contribution in [1.82, 2.24) is 4.90 Å². The zero-order chi connectivity index (χ0) is 14.7. The maximum absolute atomic E-state index is 9.96. The molecule has 0 bridgehead atoms. The Morgan fingerprint density at radius 3 is 2.25 bits per heavy atom. The molecule has 6 nitrogen and oxygen atoms in total. The SMILES string of the molecule is CO[C@H]1CC[C@H](CN2C[C@H](O)[C@@H](O)[C@H](O)[C@H]2CO)CC1. The summed E-state index contributed by atoms with van der Waals surface area (Å²) in [5, 5.41) is 38.9. The standard InChI is InChI=1S/C14H27NO5/c1-20-10-4-2-9(3-5-10)6-15-7-12(17)14(19)13(18)11(15)8-16/h9-14,16-19H,2-8H2,1H3/t9-,10-,11-,12+,13-,14-/m1/s1. The number of β-amino-alcohol motifs (C(OH)–C–C–N with tert-alkyl or cyclic N) is 1. The predicted molar refractivity (Wildman–Crippen MR) is 73.2 cm³/mol. The first-order valence-electron chi connectivity index (χ1n) is 7.48. The smallest absolute Gasteiger partial charge is 0.109 e. The van der Waals surface area contributed by atoms with Crippen molar-refractivity contribution >= 4 is 0 Å². The van der Waals surface area contributed by atoms with Gasteiger partial charge in [0.2, 0.25) is 0 Å². The van der Waals surface area contributed by atoms with Crippen LogP contribution in [-0.2, 0) is 4.74 Å². The molecule has 6 heteroatoms. The van der Waals surface area contributed by atoms with Crippen molar-refractivity contribution < 1.29 is 25.2 Å². The zero-order valence-corrected chi connectivity index (χ0v) is 12.1. The Bertz CT molecular complexity index is 295. The van der Waals surface area contributed by atoms with Crippen LogP contribution in [0.1, 0.15) is 25.7 Å². The molecule has 20 heavy (non-hydrogen) atoms. The van der Waals surface area contributed by atoms with Gasteiger partial charge in [0, 0.05) is 20.2 Å². The molecule has 1 saturated heterocycles. The first-order chi connectivity index (χ1) is 9.56. The Morgan fingerprint density at radius 1 is 1.05 bits per heavy atom. The molecule has 2 aliphatic rings. The van der Waals surface area contributed by atoms with Gasteiger partial charge in [0.05, 0.1) is 24.9 Å². The highest BCUT2D eigenvalue weighted by molar-refractivity contribution is 4.95. The van der Waals surface area contributed by atoms with Crippen molar-refractivity contribution in [3.05, 3.63) is 0 Å². The van der Waals surface area contributed by atoms with E-state index in [9.17, 15) is 20.4 Å². The lowest BCUT2D eigenvalue weighted by Crippen LogP contribution is -2.63. The van der Waals surface area contributed by atoms with E-state index in [0.717, 1.165) is 32.2 Å². The van der Waals surface area contributed by atoms with Gasteiger partial charge in [-0.1, -0.05) is 0 Å². The van der Waals surface area contributed by atoms with Crippen LogP contribution in [0, 0.1) is 5.92 Å². The second kappa shape index (κ2) is 7.15. The number of rotatable bonds is 4. The third kappa shape index (κ3) is 3.50. The maximum Gasteiger partial charge on any atom is 0.109 e. The summed E-state index contributed by atoms with van der Waals surface area (Å²) >= 11 is 0. The highest BCUT2D eigenvalue weighted by Gasteiger charge is 2.41. The third-order valence-electron chi connectivity index (χ3n) is 4.84. The Morgan fingerprint density at radius 2 is 1.70 bits per heavy atom. The average Bonchev–Trinajstić information content (AvgIpc) is 2.46. The van der Waals surface area contributed by atoms with Crippen LogP contribution < -0.4 is 0 Å². The van der Waals surface area contributed by atoms with Crippen molar-refractivity contribution in [2.45, 2.75) is 56.1 Å². The summed E-state index contributed by atoms with van der Waals surface area (Å²) in [5.74, 6) is 0.491. The number of aliphatic hydroxyl groups is 4. The van der Waals surface area contributed by atoms with Gasteiger partial charge in [-0.2, -0.15) is 0 Å². The Kier molecular flexibility index (Phi) is 5.77. The number of ether oxygens (including phenoxy) is 1. The Labute approximate surface area is 120 Å². The largest absolute Gasteiger partial charge is 0.395 e. The number of nitrogens with zero attached hydrogens (tertiary/aromatic N) is 1. The molecule has 4 N–H and O–H groups in total. The lowest BCUT2D eigenvalue weighted by molar-refractivity contribution is -0.148. The van der Waals surface area contributed by atoms with Crippen LogP contribution in [0.3, 0.4) is 0 Å². The molecule has 118 valence electrons. The molecular formula is C14H27NO5. The quantitative estimate of drug-likeness (QED) is 0.528. The number of aliphatic hydroxyl groups excluding tert-OH is 4. The Hall–Kier alpha value is -0.240. The lowest BCUT2D eigenvalue weighted by atomic mass is 9.85. The molecule has 0 spiro atoms. The first-order valence-corrected chi connectivity index (χ1v) is 7.48. The minimum absolute atomic E-state index is 0.210. The summed E-state index contributed by atoms with van der Waals surface area (Å²) in [6, 6.07) is -0.492. The summed E-state index contributed by atoms with van der Waals surface area (Å²) in [6.07, 6.45) is 1.30. The fraction of sp³-hybridized carbons (Fsp3) is 1.00. The number of methoxy groups -OCH3 is 1. The average molecular weight is 289 g/mol. The van der Waals surface area contributed by atoms with E-state index in [1.807, 2.05) is 4.90 Å². The molecule has 0 aromatic rings. The second-order valence-electron chi connectivity index (χ2n) is 6.13. The van der Waals surface area contributed by atoms with E-state index < -0.39 is 24.4 Å². The molecule has 0 amide bonds. The number of likely N-dealkylation sites (tertiary alicyclic amines) is 1. The monoisotopic (exact) mass is 289 g/mol. The third-order valence-corrected chi connectivity index (χ3v) is 4.84. The molecule has 2 rings (SSSR count). The van der Waals surface area contributed by atoms with E-state index in [1.165, 1.54) is 0 Å². The van der Waals surface area contributed by atoms with Gasteiger partial charge in [-0.05, 0) is 31.6 Å². The van der Waals surface area contributed by atoms with Gasteiger partial charge in [0.1, 0.15) is 12.2 Å². The molecule has 0 unspecified atom stereocenters. The van der Waals surface area contributed by atoms with Crippen LogP contribution in [0.25, 0.3) is 0 Å². The molecule has 0 radical (unpaired) electrons. The lowest BCUT2D eigenvalue weighted by Gasteiger charge is -2.45. The van der Waals surface area contributed by atoms with Crippen molar-refractivity contribution in [2.24, 2.45) is 5.92 Å². The van der Waals surface area contributed by atoms with Crippen LogP contribution in [0.15, 0.2) is 0 Å². The normalized spacial score (nSPS) is 43.6. The minimum Gasteiger partial charge on any atom is -0.395 e. The van der Waals surface area contributed by atoms with Crippen LogP contribution in [0.2, 0.25) is 0 Å². The fourth-order valence-electron chi connectivity index (χ4n) is 3.47. The van der Waals surface area contributed by atoms with Gasteiger partial charge in [-0.15, -0.1) is 0 Å². The van der Waals surface area contributed by atoms with E-state index >= 15 is 0 Å². The van der Waals surface area contributed by atoms with Gasteiger partial charge in [-0.25, -0.2) is 0 Å². The van der Waals surface area contributed by atoms with Gasteiger partial charge in [-0.3, -0.25) is 4.90 Å². The van der Waals surface area contributed by atoms with E-state index in [4.69, 9.17) is 4.74 Å². The minimum atomic E-state index is -1.17. The molecule has 1 heterocycles. The summed E-state index contributed by atoms with van der Waals surface area (Å²) in [6.45, 7) is 0.828. The molecule has 1 aliphatic heterocycles. The van der Waals surface area contributed by atoms with Crippen LogP contribution >= 0.6 is 0 Å². The van der Waals surface area contributed by atoms with Crippen molar-refractivity contribution in [1.29, 1.82) is 0 Å². The molecule has 4 atom stereocenters. The van der Waals surface area contributed by atoms with Gasteiger partial charge in [0.25, 0.3) is 0 Å². The van der Waals surface area contributed by atoms with Crippen molar-refractivity contribution in [3.63, 3.8) is 0 Å². The van der Waals surface area contributed by atoms with Crippen molar-refractivity contribution in [2.75, 3.05) is 26.8 Å². The van der Waals surface area contributed by atoms with E-state index in [-0.39, 0.29) is 6.61 Å². The van der Waals surface area contributed by atoms with Crippen LogP contribution in [0.4, 0.5) is 0 Å².